The summed E-state index contributed by atoms with van der Waals surface area (Å²) in [7, 11) is -4.39. The van der Waals surface area contributed by atoms with Crippen LogP contribution in [0.2, 0.25) is 0 Å². The summed E-state index contributed by atoms with van der Waals surface area (Å²) in [5.41, 5.74) is -0.939. The SMILES string of the molecule is CC(C)n1c(=O)[nH]c(=O)c2cc(S(=O)(=O)O)ccc21. The van der Waals surface area contributed by atoms with E-state index in [0.717, 1.165) is 12.1 Å². The molecular weight excluding hydrogens is 272 g/mol. The molecule has 2 N–H and O–H groups in total. The van der Waals surface area contributed by atoms with Crippen LogP contribution < -0.4 is 11.2 Å². The lowest BCUT2D eigenvalue weighted by Gasteiger charge is -2.13. The highest BCUT2D eigenvalue weighted by Crippen LogP contribution is 2.17. The predicted molar refractivity (Wildman–Crippen MR) is 69.0 cm³/mol. The van der Waals surface area contributed by atoms with Crippen molar-refractivity contribution in [2.45, 2.75) is 24.8 Å². The van der Waals surface area contributed by atoms with Crippen molar-refractivity contribution in [3.8, 4) is 0 Å². The quantitative estimate of drug-likeness (QED) is 0.781. The molecule has 8 heteroatoms. The summed E-state index contributed by atoms with van der Waals surface area (Å²) in [6, 6.07) is 3.32. The fraction of sp³-hybridized carbons (Fsp3) is 0.273. The Balaban J connectivity index is 2.98. The van der Waals surface area contributed by atoms with Crippen LogP contribution in [0.1, 0.15) is 19.9 Å². The van der Waals surface area contributed by atoms with Gasteiger partial charge in [-0.2, -0.15) is 8.42 Å². The largest absolute Gasteiger partial charge is 0.329 e. The van der Waals surface area contributed by atoms with E-state index in [-0.39, 0.29) is 16.3 Å². The second-order valence-corrected chi connectivity index (χ2v) is 5.80. The second kappa shape index (κ2) is 4.32. The number of aromatic nitrogens is 2. The minimum absolute atomic E-state index is 0.0309. The zero-order chi connectivity index (χ0) is 14.4. The third-order valence-corrected chi connectivity index (χ3v) is 3.58. The maximum absolute atomic E-state index is 11.7. The normalized spacial score (nSPS) is 12.2. The monoisotopic (exact) mass is 284 g/mol. The molecule has 102 valence electrons. The van der Waals surface area contributed by atoms with Gasteiger partial charge in [-0.25, -0.2) is 4.79 Å². The van der Waals surface area contributed by atoms with Gasteiger partial charge in [-0.3, -0.25) is 18.9 Å². The number of rotatable bonds is 2. The fourth-order valence-electron chi connectivity index (χ4n) is 1.91. The van der Waals surface area contributed by atoms with E-state index in [1.165, 1.54) is 10.6 Å². The lowest BCUT2D eigenvalue weighted by atomic mass is 10.2. The van der Waals surface area contributed by atoms with E-state index in [4.69, 9.17) is 4.55 Å². The van der Waals surface area contributed by atoms with Crippen molar-refractivity contribution in [3.63, 3.8) is 0 Å². The molecule has 19 heavy (non-hydrogen) atoms. The maximum Gasteiger partial charge on any atom is 0.329 e. The summed E-state index contributed by atoms with van der Waals surface area (Å²) < 4.78 is 32.4. The Morgan fingerprint density at radius 3 is 2.42 bits per heavy atom. The van der Waals surface area contributed by atoms with E-state index in [9.17, 15) is 18.0 Å². The van der Waals surface area contributed by atoms with Gasteiger partial charge in [0.25, 0.3) is 15.7 Å². The van der Waals surface area contributed by atoms with Crippen molar-refractivity contribution in [3.05, 3.63) is 39.0 Å². The van der Waals surface area contributed by atoms with Crippen molar-refractivity contribution in [1.29, 1.82) is 0 Å². The highest BCUT2D eigenvalue weighted by Gasteiger charge is 2.15. The molecule has 0 saturated heterocycles. The molecule has 7 nitrogen and oxygen atoms in total. The number of aromatic amines is 1. The molecule has 0 aliphatic heterocycles. The molecule has 1 aromatic heterocycles. The first-order chi connectivity index (χ1) is 8.71. The molecule has 2 rings (SSSR count). The Morgan fingerprint density at radius 1 is 1.26 bits per heavy atom. The number of nitrogens with one attached hydrogen (secondary N) is 1. The van der Waals surface area contributed by atoms with E-state index in [1.54, 1.807) is 13.8 Å². The van der Waals surface area contributed by atoms with Crippen LogP contribution >= 0.6 is 0 Å². The van der Waals surface area contributed by atoms with E-state index >= 15 is 0 Å². The van der Waals surface area contributed by atoms with Crippen LogP contribution in [0, 0.1) is 0 Å². The molecular formula is C11H12N2O5S. The Kier molecular flexibility index (Phi) is 3.07. The Bertz CT molecular complexity index is 861. The number of H-pyrrole nitrogens is 1. The summed E-state index contributed by atoms with van der Waals surface area (Å²) in [6.45, 7) is 3.52. The average molecular weight is 284 g/mol. The van der Waals surface area contributed by atoms with E-state index in [2.05, 4.69) is 4.98 Å². The lowest BCUT2D eigenvalue weighted by molar-refractivity contribution is 0.483. The van der Waals surface area contributed by atoms with Crippen LogP contribution in [0.25, 0.3) is 10.9 Å². The van der Waals surface area contributed by atoms with Gasteiger partial charge < -0.3 is 0 Å². The topological polar surface area (TPSA) is 109 Å². The first-order valence-corrected chi connectivity index (χ1v) is 6.92. The van der Waals surface area contributed by atoms with Crippen LogP contribution in [0.3, 0.4) is 0 Å². The molecule has 2 aromatic rings. The van der Waals surface area contributed by atoms with E-state index in [0.29, 0.717) is 5.52 Å². The average Bonchev–Trinajstić information content (AvgIpc) is 2.26. The van der Waals surface area contributed by atoms with Gasteiger partial charge in [0, 0.05) is 6.04 Å². The number of nitrogens with zero attached hydrogens (tertiary/aromatic N) is 1. The minimum Gasteiger partial charge on any atom is -0.291 e. The van der Waals surface area contributed by atoms with Gasteiger partial charge in [-0.1, -0.05) is 0 Å². The summed E-state index contributed by atoms with van der Waals surface area (Å²) in [5, 5.41) is 0.0309. The standard InChI is InChI=1S/C11H12N2O5S/c1-6(2)13-9-4-3-7(19(16,17)18)5-8(9)10(14)12-11(13)15/h3-6H,1-2H3,(H,12,14,15)(H,16,17,18). The Labute approximate surface area is 108 Å². The van der Waals surface area contributed by atoms with Gasteiger partial charge in [0.05, 0.1) is 15.8 Å². The number of benzene rings is 1. The smallest absolute Gasteiger partial charge is 0.291 e. The summed E-state index contributed by atoms with van der Waals surface area (Å²) in [6.07, 6.45) is 0. The van der Waals surface area contributed by atoms with Crippen molar-refractivity contribution < 1.29 is 13.0 Å². The lowest BCUT2D eigenvalue weighted by Crippen LogP contribution is -2.31. The van der Waals surface area contributed by atoms with Gasteiger partial charge in [0.15, 0.2) is 0 Å². The van der Waals surface area contributed by atoms with Crippen molar-refractivity contribution in [2.75, 3.05) is 0 Å². The number of hydrogen-bond acceptors (Lipinski definition) is 4. The van der Waals surface area contributed by atoms with Crippen molar-refractivity contribution in [1.82, 2.24) is 9.55 Å². The first-order valence-electron chi connectivity index (χ1n) is 5.48. The number of hydrogen-bond donors (Lipinski definition) is 2. The third kappa shape index (κ3) is 2.32. The predicted octanol–water partition coefficient (Wildman–Crippen LogP) is 0.517. The first kappa shape index (κ1) is 13.5. The Morgan fingerprint density at radius 2 is 1.89 bits per heavy atom. The van der Waals surface area contributed by atoms with Crippen molar-refractivity contribution >= 4 is 21.0 Å². The third-order valence-electron chi connectivity index (χ3n) is 2.73. The molecule has 0 saturated carbocycles. The number of fused-ring (bicyclic) bond motifs is 1. The van der Waals surface area contributed by atoms with Gasteiger partial charge >= 0.3 is 5.69 Å². The molecule has 0 atom stereocenters. The van der Waals surface area contributed by atoms with Gasteiger partial charge in [0.2, 0.25) is 0 Å². The van der Waals surface area contributed by atoms with Gasteiger partial charge in [-0.05, 0) is 32.0 Å². The van der Waals surface area contributed by atoms with E-state index in [1.807, 2.05) is 0 Å². The molecule has 0 bridgehead atoms. The van der Waals surface area contributed by atoms with Gasteiger partial charge in [-0.15, -0.1) is 0 Å². The molecule has 0 fully saturated rings. The molecule has 1 heterocycles. The zero-order valence-electron chi connectivity index (χ0n) is 10.2. The molecule has 0 spiro atoms. The van der Waals surface area contributed by atoms with Gasteiger partial charge in [0.1, 0.15) is 0 Å². The Hall–Kier alpha value is -1.93. The second-order valence-electron chi connectivity index (χ2n) is 4.38. The molecule has 0 amide bonds. The van der Waals surface area contributed by atoms with Crippen LogP contribution in [0.5, 0.6) is 0 Å². The van der Waals surface area contributed by atoms with Crippen LogP contribution in [0.4, 0.5) is 0 Å². The highest BCUT2D eigenvalue weighted by atomic mass is 32.2. The van der Waals surface area contributed by atoms with Crippen LogP contribution in [-0.4, -0.2) is 22.5 Å². The highest BCUT2D eigenvalue weighted by molar-refractivity contribution is 7.85. The zero-order valence-corrected chi connectivity index (χ0v) is 11.1. The summed E-state index contributed by atoms with van der Waals surface area (Å²) in [4.78, 5) is 25.2. The minimum atomic E-state index is -4.39. The van der Waals surface area contributed by atoms with Crippen molar-refractivity contribution in [2.24, 2.45) is 0 Å². The molecule has 0 radical (unpaired) electrons. The van der Waals surface area contributed by atoms with Crippen LogP contribution in [-0.2, 0) is 10.1 Å². The molecule has 0 unspecified atom stereocenters. The van der Waals surface area contributed by atoms with E-state index < -0.39 is 21.4 Å². The van der Waals surface area contributed by atoms with Crippen LogP contribution in [0.15, 0.2) is 32.7 Å². The molecule has 0 aliphatic carbocycles. The molecule has 0 aliphatic rings. The fourth-order valence-corrected chi connectivity index (χ4v) is 2.42. The summed E-state index contributed by atoms with van der Waals surface area (Å²) in [5.74, 6) is 0. The maximum atomic E-state index is 11.7. The summed E-state index contributed by atoms with van der Waals surface area (Å²) >= 11 is 0. The molecule has 1 aromatic carbocycles.